The van der Waals surface area contributed by atoms with Crippen LogP contribution in [0.15, 0.2) is 9.59 Å². The van der Waals surface area contributed by atoms with Gasteiger partial charge in [0.1, 0.15) is 0 Å². The molecule has 1 aliphatic carbocycles. The van der Waals surface area contributed by atoms with Crippen LogP contribution in [-0.2, 0) is 6.54 Å². The summed E-state index contributed by atoms with van der Waals surface area (Å²) in [6, 6.07) is 0. The van der Waals surface area contributed by atoms with Crippen LogP contribution >= 0.6 is 0 Å². The van der Waals surface area contributed by atoms with E-state index in [1.165, 1.54) is 4.57 Å². The van der Waals surface area contributed by atoms with Gasteiger partial charge in [-0.15, -0.1) is 0 Å². The van der Waals surface area contributed by atoms with Crippen molar-refractivity contribution in [3.63, 3.8) is 0 Å². The molecule has 0 amide bonds. The predicted octanol–water partition coefficient (Wildman–Crippen LogP) is -0.269. The smallest absolute Gasteiger partial charge is 0.390 e. The van der Waals surface area contributed by atoms with Crippen LogP contribution in [0.4, 0.5) is 5.95 Å². The predicted molar refractivity (Wildman–Crippen MR) is 60.4 cm³/mol. The monoisotopic (exact) mass is 251 g/mol. The van der Waals surface area contributed by atoms with Crippen molar-refractivity contribution in [3.05, 3.63) is 31.0 Å². The van der Waals surface area contributed by atoms with Gasteiger partial charge in [0.15, 0.2) is 0 Å². The summed E-state index contributed by atoms with van der Waals surface area (Å²) in [5.41, 5.74) is -1.41. The SMILES string of the molecule is O=c1[nH]c(=O)c2nc([N+](=O)[O-])n(CC3CC3)c2[nH]1. The fourth-order valence-corrected chi connectivity index (χ4v) is 1.90. The number of hydrogen-bond donors (Lipinski definition) is 2. The summed E-state index contributed by atoms with van der Waals surface area (Å²) in [5.74, 6) is -0.0619. The third-order valence-corrected chi connectivity index (χ3v) is 2.92. The van der Waals surface area contributed by atoms with Gasteiger partial charge in [-0.25, -0.2) is 9.36 Å². The Morgan fingerprint density at radius 3 is 2.72 bits per heavy atom. The number of nitrogens with zero attached hydrogens (tertiary/aromatic N) is 3. The first-order valence-electron chi connectivity index (χ1n) is 5.43. The maximum atomic E-state index is 11.5. The first-order chi connectivity index (χ1) is 8.56. The van der Waals surface area contributed by atoms with E-state index in [9.17, 15) is 19.7 Å². The second kappa shape index (κ2) is 3.52. The number of fused-ring (bicyclic) bond motifs is 1. The number of imidazole rings is 1. The molecule has 2 heterocycles. The quantitative estimate of drug-likeness (QED) is 0.573. The molecule has 0 spiro atoms. The van der Waals surface area contributed by atoms with E-state index in [0.717, 1.165) is 12.8 Å². The van der Waals surface area contributed by atoms with Crippen LogP contribution < -0.4 is 11.2 Å². The highest BCUT2D eigenvalue weighted by molar-refractivity contribution is 5.71. The summed E-state index contributed by atoms with van der Waals surface area (Å²) < 4.78 is 1.30. The number of nitro groups is 1. The van der Waals surface area contributed by atoms with Gasteiger partial charge in [0.05, 0.1) is 6.54 Å². The van der Waals surface area contributed by atoms with Crippen molar-refractivity contribution in [3.8, 4) is 0 Å². The van der Waals surface area contributed by atoms with Crippen molar-refractivity contribution < 1.29 is 4.92 Å². The standard InChI is InChI=1S/C9H9N5O4/c15-7-5-6(11-8(16)12-7)13(3-4-1-2-4)9(10-5)14(17)18/h4H,1-3H2,(H2,11,12,15,16). The fraction of sp³-hybridized carbons (Fsp3) is 0.444. The number of aromatic amines is 2. The normalized spacial score (nSPS) is 15.1. The zero-order valence-corrected chi connectivity index (χ0v) is 9.17. The molecule has 2 aromatic heterocycles. The first-order valence-corrected chi connectivity index (χ1v) is 5.43. The Morgan fingerprint density at radius 2 is 2.11 bits per heavy atom. The molecule has 0 saturated heterocycles. The molecule has 9 nitrogen and oxygen atoms in total. The summed E-state index contributed by atoms with van der Waals surface area (Å²) in [7, 11) is 0. The highest BCUT2D eigenvalue weighted by Gasteiger charge is 2.31. The van der Waals surface area contributed by atoms with Crippen molar-refractivity contribution in [2.45, 2.75) is 19.4 Å². The molecule has 0 aromatic carbocycles. The van der Waals surface area contributed by atoms with E-state index in [0.29, 0.717) is 12.5 Å². The third kappa shape index (κ3) is 1.60. The minimum absolute atomic E-state index is 0.109. The molecular formula is C9H9N5O4. The Labute approximate surface area is 98.6 Å². The summed E-state index contributed by atoms with van der Waals surface area (Å²) in [4.78, 5) is 41.1. The molecule has 1 fully saturated rings. The van der Waals surface area contributed by atoms with E-state index in [2.05, 4.69) is 9.97 Å². The van der Waals surface area contributed by atoms with Crippen LogP contribution in [0.5, 0.6) is 0 Å². The van der Waals surface area contributed by atoms with Gasteiger partial charge >= 0.3 is 11.6 Å². The Morgan fingerprint density at radius 1 is 1.39 bits per heavy atom. The van der Waals surface area contributed by atoms with Gasteiger partial charge in [-0.2, -0.15) is 0 Å². The highest BCUT2D eigenvalue weighted by atomic mass is 16.6. The molecule has 0 aliphatic heterocycles. The largest absolute Gasteiger partial charge is 0.437 e. The molecule has 2 N–H and O–H groups in total. The van der Waals surface area contributed by atoms with Crippen LogP contribution in [-0.4, -0.2) is 24.4 Å². The van der Waals surface area contributed by atoms with Crippen molar-refractivity contribution in [2.75, 3.05) is 0 Å². The molecule has 0 radical (unpaired) electrons. The summed E-state index contributed by atoms with van der Waals surface area (Å²) >= 11 is 0. The van der Waals surface area contributed by atoms with E-state index in [1.54, 1.807) is 0 Å². The Bertz CT molecular complexity index is 750. The summed E-state index contributed by atoms with van der Waals surface area (Å²) in [6.45, 7) is 0.395. The van der Waals surface area contributed by atoms with Crippen LogP contribution in [0.1, 0.15) is 12.8 Å². The van der Waals surface area contributed by atoms with Gasteiger partial charge in [0.25, 0.3) is 11.1 Å². The fourth-order valence-electron chi connectivity index (χ4n) is 1.90. The van der Waals surface area contributed by atoms with Crippen LogP contribution in [0, 0.1) is 16.0 Å². The molecule has 0 atom stereocenters. The van der Waals surface area contributed by atoms with E-state index in [-0.39, 0.29) is 11.2 Å². The Kier molecular flexibility index (Phi) is 2.09. The number of hydrogen-bond acceptors (Lipinski definition) is 5. The molecule has 9 heteroatoms. The number of rotatable bonds is 3. The second-order valence-electron chi connectivity index (χ2n) is 4.33. The average Bonchev–Trinajstić information content (AvgIpc) is 3.01. The van der Waals surface area contributed by atoms with Crippen molar-refractivity contribution >= 4 is 17.1 Å². The maximum absolute atomic E-state index is 11.5. The van der Waals surface area contributed by atoms with Gasteiger partial charge in [0, 0.05) is 0 Å². The topological polar surface area (TPSA) is 127 Å². The maximum Gasteiger partial charge on any atom is 0.437 e. The lowest BCUT2D eigenvalue weighted by Gasteiger charge is -2.00. The van der Waals surface area contributed by atoms with Crippen molar-refractivity contribution in [1.82, 2.24) is 19.5 Å². The Hall–Kier alpha value is -2.45. The number of aromatic nitrogens is 4. The molecule has 2 aromatic rings. The van der Waals surface area contributed by atoms with E-state index >= 15 is 0 Å². The van der Waals surface area contributed by atoms with Crippen molar-refractivity contribution in [1.29, 1.82) is 0 Å². The van der Waals surface area contributed by atoms with Crippen LogP contribution in [0.25, 0.3) is 11.2 Å². The minimum Gasteiger partial charge on any atom is -0.390 e. The molecule has 0 bridgehead atoms. The lowest BCUT2D eigenvalue weighted by molar-refractivity contribution is -0.396. The van der Waals surface area contributed by atoms with Crippen LogP contribution in [0.3, 0.4) is 0 Å². The van der Waals surface area contributed by atoms with E-state index in [1.807, 2.05) is 4.98 Å². The molecule has 18 heavy (non-hydrogen) atoms. The molecule has 3 rings (SSSR count). The Balaban J connectivity index is 2.32. The third-order valence-electron chi connectivity index (χ3n) is 2.92. The molecule has 1 aliphatic rings. The van der Waals surface area contributed by atoms with Gasteiger partial charge < -0.3 is 10.1 Å². The molecule has 1 saturated carbocycles. The van der Waals surface area contributed by atoms with Gasteiger partial charge in [-0.3, -0.25) is 14.8 Å². The zero-order valence-electron chi connectivity index (χ0n) is 9.17. The first kappa shape index (κ1) is 10.7. The summed E-state index contributed by atoms with van der Waals surface area (Å²) in [6.07, 6.45) is 1.98. The van der Waals surface area contributed by atoms with E-state index < -0.39 is 22.1 Å². The lowest BCUT2D eigenvalue weighted by Crippen LogP contribution is -2.22. The lowest BCUT2D eigenvalue weighted by atomic mass is 10.4. The minimum atomic E-state index is -0.716. The van der Waals surface area contributed by atoms with Gasteiger partial charge in [0.2, 0.25) is 5.65 Å². The van der Waals surface area contributed by atoms with Gasteiger partial charge in [-0.1, -0.05) is 4.98 Å². The average molecular weight is 251 g/mol. The van der Waals surface area contributed by atoms with Crippen LogP contribution in [0.2, 0.25) is 0 Å². The van der Waals surface area contributed by atoms with Gasteiger partial charge in [-0.05, 0) is 23.7 Å². The molecule has 0 unspecified atom stereocenters. The zero-order chi connectivity index (χ0) is 12.9. The molecule has 94 valence electrons. The second-order valence-corrected chi connectivity index (χ2v) is 4.33. The van der Waals surface area contributed by atoms with Crippen molar-refractivity contribution in [2.24, 2.45) is 5.92 Å². The molecular weight excluding hydrogens is 242 g/mol. The number of nitrogens with one attached hydrogen (secondary N) is 2. The summed E-state index contributed by atoms with van der Waals surface area (Å²) in [5, 5.41) is 10.9. The number of H-pyrrole nitrogens is 2. The van der Waals surface area contributed by atoms with E-state index in [4.69, 9.17) is 0 Å². The highest BCUT2D eigenvalue weighted by Crippen LogP contribution is 2.32.